The molecule has 1 atom stereocenters. The van der Waals surface area contributed by atoms with Crippen molar-refractivity contribution in [1.29, 1.82) is 0 Å². The number of hydrogen-bond donors (Lipinski definition) is 2. The highest BCUT2D eigenvalue weighted by atomic mass is 35.5. The Bertz CT molecular complexity index is 536. The van der Waals surface area contributed by atoms with Crippen molar-refractivity contribution in [2.75, 3.05) is 0 Å². The van der Waals surface area contributed by atoms with Crippen LogP contribution in [0.25, 0.3) is 10.9 Å². The summed E-state index contributed by atoms with van der Waals surface area (Å²) in [5.74, 6) is -0.965. The highest BCUT2D eigenvalue weighted by molar-refractivity contribution is 5.85. The van der Waals surface area contributed by atoms with E-state index < -0.39 is 12.0 Å². The minimum Gasteiger partial charge on any atom is -0.480 e. The molecule has 1 heterocycles. The fourth-order valence-corrected chi connectivity index (χ4v) is 1.91. The molecule has 0 radical (unpaired) electrons. The summed E-state index contributed by atoms with van der Waals surface area (Å²) in [4.78, 5) is 10.7. The Morgan fingerprint density at radius 3 is 2.76 bits per heavy atom. The van der Waals surface area contributed by atoms with E-state index >= 15 is 0 Å². The molecule has 0 aliphatic rings. The number of fused-ring (bicyclic) bond motifs is 1. The van der Waals surface area contributed by atoms with E-state index in [1.165, 1.54) is 0 Å². The van der Waals surface area contributed by atoms with Gasteiger partial charge in [-0.1, -0.05) is 18.2 Å². The molecule has 4 nitrogen and oxygen atoms in total. The largest absolute Gasteiger partial charge is 0.480 e. The number of nitrogens with two attached hydrogens (primary N) is 1. The molecule has 1 unspecified atom stereocenters. The van der Waals surface area contributed by atoms with Crippen LogP contribution in [0.3, 0.4) is 0 Å². The first kappa shape index (κ1) is 13.5. The molecule has 0 bridgehead atoms. The number of carbonyl (C=O) groups is 1. The predicted molar refractivity (Wildman–Crippen MR) is 69.5 cm³/mol. The number of nitrogens with zero attached hydrogens (tertiary/aromatic N) is 1. The third-order valence-corrected chi connectivity index (χ3v) is 2.74. The summed E-state index contributed by atoms with van der Waals surface area (Å²) in [6, 6.07) is 7.05. The molecule has 0 fully saturated rings. The first-order valence-corrected chi connectivity index (χ1v) is 5.11. The van der Waals surface area contributed by atoms with E-state index in [1.807, 2.05) is 42.1 Å². The third-order valence-electron chi connectivity index (χ3n) is 2.74. The summed E-state index contributed by atoms with van der Waals surface area (Å²) in [5, 5.41) is 9.86. The fourth-order valence-electron chi connectivity index (χ4n) is 1.91. The molecule has 0 aliphatic carbocycles. The van der Waals surface area contributed by atoms with Crippen LogP contribution in [-0.4, -0.2) is 21.7 Å². The predicted octanol–water partition coefficient (Wildman–Crippen LogP) is 1.55. The Balaban J connectivity index is 0.00000144. The van der Waals surface area contributed by atoms with Gasteiger partial charge in [-0.25, -0.2) is 0 Å². The molecule has 0 saturated carbocycles. The van der Waals surface area contributed by atoms with Crippen molar-refractivity contribution in [2.24, 2.45) is 12.8 Å². The Kier molecular flexibility index (Phi) is 4.15. The van der Waals surface area contributed by atoms with Gasteiger partial charge in [-0.15, -0.1) is 12.4 Å². The van der Waals surface area contributed by atoms with Gasteiger partial charge in [0.1, 0.15) is 6.04 Å². The van der Waals surface area contributed by atoms with E-state index in [2.05, 4.69) is 0 Å². The molecule has 1 aromatic heterocycles. The van der Waals surface area contributed by atoms with Crippen LogP contribution in [0.5, 0.6) is 0 Å². The quantitative estimate of drug-likeness (QED) is 0.873. The highest BCUT2D eigenvalue weighted by Gasteiger charge is 2.15. The first-order valence-electron chi connectivity index (χ1n) is 5.11. The van der Waals surface area contributed by atoms with Crippen LogP contribution < -0.4 is 5.73 Å². The molecule has 3 N–H and O–H groups in total. The van der Waals surface area contributed by atoms with E-state index in [0.717, 1.165) is 16.5 Å². The Hall–Kier alpha value is -1.52. The molecule has 0 aliphatic heterocycles. The summed E-state index contributed by atoms with van der Waals surface area (Å²) in [6.45, 7) is 0. The summed E-state index contributed by atoms with van der Waals surface area (Å²) in [5.41, 5.74) is 7.61. The minimum absolute atomic E-state index is 0. The summed E-state index contributed by atoms with van der Waals surface area (Å²) in [7, 11) is 1.94. The molecule has 0 saturated heterocycles. The van der Waals surface area contributed by atoms with Gasteiger partial charge in [-0.2, -0.15) is 0 Å². The Labute approximate surface area is 105 Å². The van der Waals surface area contributed by atoms with Gasteiger partial charge >= 0.3 is 5.97 Å². The van der Waals surface area contributed by atoms with Crippen LogP contribution in [0.15, 0.2) is 30.5 Å². The molecule has 2 aromatic rings. The molecular weight excluding hydrogens is 240 g/mol. The molecule has 17 heavy (non-hydrogen) atoms. The second-order valence-corrected chi connectivity index (χ2v) is 3.93. The van der Waals surface area contributed by atoms with E-state index in [4.69, 9.17) is 10.8 Å². The lowest BCUT2D eigenvalue weighted by atomic mass is 10.1. The smallest absolute Gasteiger partial charge is 0.320 e. The molecule has 1 aromatic carbocycles. The average Bonchev–Trinajstić information content (AvgIpc) is 2.57. The maximum atomic E-state index is 10.7. The van der Waals surface area contributed by atoms with Gasteiger partial charge in [0.25, 0.3) is 0 Å². The standard InChI is InChI=1S/C12H14N2O2.ClH/c1-14-7-8(6-10(13)12(15)16)9-4-2-3-5-11(9)14;/h2-5,7,10H,6,13H2,1H3,(H,15,16);1H. The molecule has 0 amide bonds. The third kappa shape index (κ3) is 2.60. The molecule has 2 rings (SSSR count). The fraction of sp³-hybridized carbons (Fsp3) is 0.250. The summed E-state index contributed by atoms with van der Waals surface area (Å²) >= 11 is 0. The number of para-hydroxylation sites is 1. The number of hydrogen-bond acceptors (Lipinski definition) is 2. The first-order chi connectivity index (χ1) is 7.59. The van der Waals surface area contributed by atoms with Crippen molar-refractivity contribution in [3.05, 3.63) is 36.0 Å². The van der Waals surface area contributed by atoms with Crippen molar-refractivity contribution in [2.45, 2.75) is 12.5 Å². The lowest BCUT2D eigenvalue weighted by molar-refractivity contribution is -0.138. The van der Waals surface area contributed by atoms with Crippen molar-refractivity contribution in [3.8, 4) is 0 Å². The van der Waals surface area contributed by atoms with Crippen molar-refractivity contribution < 1.29 is 9.90 Å². The number of carboxylic acids is 1. The SMILES string of the molecule is Cl.Cn1cc(CC(N)C(=O)O)c2ccccc21. The van der Waals surface area contributed by atoms with Crippen molar-refractivity contribution >= 4 is 29.3 Å². The van der Waals surface area contributed by atoms with Crippen molar-refractivity contribution in [1.82, 2.24) is 4.57 Å². The summed E-state index contributed by atoms with van der Waals surface area (Å²) in [6.07, 6.45) is 2.30. The number of aryl methyl sites for hydroxylation is 1. The lowest BCUT2D eigenvalue weighted by Crippen LogP contribution is -2.32. The van der Waals surface area contributed by atoms with E-state index in [9.17, 15) is 4.79 Å². The topological polar surface area (TPSA) is 68.2 Å². The zero-order valence-electron chi connectivity index (χ0n) is 9.46. The zero-order valence-corrected chi connectivity index (χ0v) is 10.3. The maximum absolute atomic E-state index is 10.7. The van der Waals surface area contributed by atoms with Crippen molar-refractivity contribution in [3.63, 3.8) is 0 Å². The maximum Gasteiger partial charge on any atom is 0.320 e. The number of benzene rings is 1. The van der Waals surface area contributed by atoms with Crippen LogP contribution in [0.2, 0.25) is 0 Å². The monoisotopic (exact) mass is 254 g/mol. The van der Waals surface area contributed by atoms with Gasteiger partial charge in [0, 0.05) is 30.6 Å². The number of halogens is 1. The van der Waals surface area contributed by atoms with Crippen LogP contribution in [-0.2, 0) is 18.3 Å². The van der Waals surface area contributed by atoms with Crippen LogP contribution >= 0.6 is 12.4 Å². The van der Waals surface area contributed by atoms with Gasteiger partial charge in [-0.3, -0.25) is 4.79 Å². The molecule has 92 valence electrons. The van der Waals surface area contributed by atoms with Gasteiger partial charge in [0.05, 0.1) is 0 Å². The number of aromatic nitrogens is 1. The lowest BCUT2D eigenvalue weighted by Gasteiger charge is -2.04. The highest BCUT2D eigenvalue weighted by Crippen LogP contribution is 2.21. The molecular formula is C12H15ClN2O2. The number of aliphatic carboxylic acids is 1. The molecule has 0 spiro atoms. The normalized spacial score (nSPS) is 12.1. The second-order valence-electron chi connectivity index (χ2n) is 3.93. The number of rotatable bonds is 3. The van der Waals surface area contributed by atoms with Crippen LogP contribution in [0.1, 0.15) is 5.56 Å². The average molecular weight is 255 g/mol. The van der Waals surface area contributed by atoms with Gasteiger partial charge in [-0.05, 0) is 11.6 Å². The van der Waals surface area contributed by atoms with E-state index in [0.29, 0.717) is 6.42 Å². The van der Waals surface area contributed by atoms with Gasteiger partial charge in [0.15, 0.2) is 0 Å². The van der Waals surface area contributed by atoms with Crippen LogP contribution in [0, 0.1) is 0 Å². The van der Waals surface area contributed by atoms with E-state index in [1.54, 1.807) is 0 Å². The summed E-state index contributed by atoms with van der Waals surface area (Å²) < 4.78 is 1.99. The Morgan fingerprint density at radius 2 is 2.12 bits per heavy atom. The minimum atomic E-state index is -0.965. The van der Waals surface area contributed by atoms with Gasteiger partial charge < -0.3 is 15.4 Å². The second kappa shape index (κ2) is 5.21. The molecule has 5 heteroatoms. The Morgan fingerprint density at radius 1 is 1.47 bits per heavy atom. The zero-order chi connectivity index (χ0) is 11.7. The number of carboxylic acid groups (broad SMARTS) is 1. The van der Waals surface area contributed by atoms with Gasteiger partial charge in [0.2, 0.25) is 0 Å². The van der Waals surface area contributed by atoms with Crippen LogP contribution in [0.4, 0.5) is 0 Å². The van der Waals surface area contributed by atoms with E-state index in [-0.39, 0.29) is 12.4 Å².